The third kappa shape index (κ3) is 2.90. The summed E-state index contributed by atoms with van der Waals surface area (Å²) in [4.78, 5) is 25.3. The third-order valence-electron chi connectivity index (χ3n) is 3.03. The molecule has 1 aromatic heterocycles. The minimum absolute atomic E-state index is 0.132. The molecule has 3 rings (SSSR count). The minimum atomic E-state index is -0.362. The average Bonchev–Trinajstić information content (AvgIpc) is 3.06. The number of carbonyl (C=O) groups excluding carboxylic acids is 2. The molecule has 106 valence electrons. The number of furan rings is 1. The van der Waals surface area contributed by atoms with Crippen LogP contribution in [-0.4, -0.2) is 16.7 Å². The van der Waals surface area contributed by atoms with Crippen LogP contribution in [0.1, 0.15) is 5.76 Å². The van der Waals surface area contributed by atoms with Crippen molar-refractivity contribution in [3.8, 4) is 0 Å². The smallest absolute Gasteiger partial charge is 0.277 e. The van der Waals surface area contributed by atoms with Crippen molar-refractivity contribution in [3.05, 3.63) is 64.7 Å². The SMILES string of the molecule is O=C1C=C(Nc2ccc(Br)cc2)C(=O)N1Cc1ccco1. The Morgan fingerprint density at radius 3 is 2.57 bits per heavy atom. The lowest BCUT2D eigenvalue weighted by molar-refractivity contribution is -0.138. The van der Waals surface area contributed by atoms with Gasteiger partial charge in [0, 0.05) is 16.2 Å². The van der Waals surface area contributed by atoms with Crippen molar-refractivity contribution in [2.75, 3.05) is 5.32 Å². The normalized spacial score (nSPS) is 14.5. The Hall–Kier alpha value is -2.34. The minimum Gasteiger partial charge on any atom is -0.467 e. The van der Waals surface area contributed by atoms with Crippen LogP contribution in [0.25, 0.3) is 0 Å². The highest BCUT2D eigenvalue weighted by Gasteiger charge is 2.31. The molecule has 0 spiro atoms. The Morgan fingerprint density at radius 1 is 1.14 bits per heavy atom. The standard InChI is InChI=1S/C15H11BrN2O3/c16-10-3-5-11(6-4-10)17-13-8-14(19)18(15(13)20)9-12-2-1-7-21-12/h1-8,17H,9H2. The van der Waals surface area contributed by atoms with Gasteiger partial charge in [0.25, 0.3) is 11.8 Å². The van der Waals surface area contributed by atoms with Crippen LogP contribution < -0.4 is 5.32 Å². The van der Waals surface area contributed by atoms with Crippen molar-refractivity contribution in [3.63, 3.8) is 0 Å². The first-order valence-electron chi connectivity index (χ1n) is 6.26. The molecule has 2 aromatic rings. The summed E-state index contributed by atoms with van der Waals surface area (Å²) in [6.45, 7) is 0.132. The molecule has 2 amide bonds. The number of nitrogens with zero attached hydrogens (tertiary/aromatic N) is 1. The lowest BCUT2D eigenvalue weighted by Gasteiger charge is -2.13. The van der Waals surface area contributed by atoms with Crippen molar-refractivity contribution in [2.24, 2.45) is 0 Å². The van der Waals surface area contributed by atoms with Crippen LogP contribution in [0, 0.1) is 0 Å². The zero-order valence-corrected chi connectivity index (χ0v) is 12.5. The molecule has 1 aliphatic rings. The molecular weight excluding hydrogens is 336 g/mol. The van der Waals surface area contributed by atoms with Crippen molar-refractivity contribution in [1.82, 2.24) is 4.90 Å². The van der Waals surface area contributed by atoms with Crippen LogP contribution in [0.3, 0.4) is 0 Å². The largest absolute Gasteiger partial charge is 0.467 e. The first-order chi connectivity index (χ1) is 10.1. The molecule has 1 N–H and O–H groups in total. The summed E-state index contributed by atoms with van der Waals surface area (Å²) in [6, 6.07) is 10.8. The molecule has 0 bridgehead atoms. The van der Waals surface area contributed by atoms with E-state index in [4.69, 9.17) is 4.42 Å². The van der Waals surface area contributed by atoms with Crippen LogP contribution in [0.5, 0.6) is 0 Å². The van der Waals surface area contributed by atoms with Gasteiger partial charge in [-0.1, -0.05) is 15.9 Å². The molecule has 0 unspecified atom stereocenters. The maximum atomic E-state index is 12.2. The van der Waals surface area contributed by atoms with Gasteiger partial charge in [0.05, 0.1) is 12.8 Å². The second-order valence-electron chi connectivity index (χ2n) is 4.50. The first-order valence-corrected chi connectivity index (χ1v) is 7.05. The van der Waals surface area contributed by atoms with Gasteiger partial charge in [-0.25, -0.2) is 0 Å². The van der Waals surface area contributed by atoms with E-state index in [9.17, 15) is 9.59 Å². The molecule has 1 aromatic carbocycles. The molecule has 0 atom stereocenters. The quantitative estimate of drug-likeness (QED) is 0.864. The predicted molar refractivity (Wildman–Crippen MR) is 80.1 cm³/mol. The summed E-state index contributed by atoms with van der Waals surface area (Å²) in [5.41, 5.74) is 0.999. The molecular formula is C15H11BrN2O3. The summed E-state index contributed by atoms with van der Waals surface area (Å²) < 4.78 is 6.10. The van der Waals surface area contributed by atoms with E-state index in [-0.39, 0.29) is 24.1 Å². The Balaban J connectivity index is 1.73. The number of benzene rings is 1. The number of hydrogen-bond donors (Lipinski definition) is 1. The predicted octanol–water partition coefficient (Wildman–Crippen LogP) is 2.91. The summed E-state index contributed by atoms with van der Waals surface area (Å²) in [5.74, 6) is -0.148. The Morgan fingerprint density at radius 2 is 1.90 bits per heavy atom. The van der Waals surface area contributed by atoms with Gasteiger partial charge in [0.2, 0.25) is 0 Å². The van der Waals surface area contributed by atoms with E-state index >= 15 is 0 Å². The van der Waals surface area contributed by atoms with Crippen molar-refractivity contribution in [1.29, 1.82) is 0 Å². The van der Waals surface area contributed by atoms with Gasteiger partial charge in [0.1, 0.15) is 11.5 Å². The lowest BCUT2D eigenvalue weighted by Crippen LogP contribution is -2.31. The van der Waals surface area contributed by atoms with Gasteiger partial charge >= 0.3 is 0 Å². The summed E-state index contributed by atoms with van der Waals surface area (Å²) in [7, 11) is 0. The molecule has 0 radical (unpaired) electrons. The first kappa shape index (κ1) is 13.6. The van der Waals surface area contributed by atoms with Gasteiger partial charge in [-0.05, 0) is 36.4 Å². The van der Waals surface area contributed by atoms with Crippen LogP contribution in [-0.2, 0) is 16.1 Å². The van der Waals surface area contributed by atoms with E-state index in [0.717, 1.165) is 15.1 Å². The van der Waals surface area contributed by atoms with Crippen LogP contribution >= 0.6 is 15.9 Å². The number of rotatable bonds is 4. The highest BCUT2D eigenvalue weighted by atomic mass is 79.9. The van der Waals surface area contributed by atoms with Gasteiger partial charge in [0.15, 0.2) is 0 Å². The fourth-order valence-electron chi connectivity index (χ4n) is 1.99. The second-order valence-corrected chi connectivity index (χ2v) is 5.41. The Kier molecular flexibility index (Phi) is 3.62. The summed E-state index contributed by atoms with van der Waals surface area (Å²) in [6.07, 6.45) is 2.81. The van der Waals surface area contributed by atoms with Crippen molar-refractivity contribution >= 4 is 33.4 Å². The summed E-state index contributed by atoms with van der Waals surface area (Å²) >= 11 is 3.34. The maximum absolute atomic E-state index is 12.2. The monoisotopic (exact) mass is 346 g/mol. The molecule has 1 aliphatic heterocycles. The molecule has 21 heavy (non-hydrogen) atoms. The molecule has 0 saturated heterocycles. The summed E-state index contributed by atoms with van der Waals surface area (Å²) in [5, 5.41) is 2.96. The number of carbonyl (C=O) groups is 2. The van der Waals surface area contributed by atoms with E-state index in [0.29, 0.717) is 5.76 Å². The number of hydrogen-bond acceptors (Lipinski definition) is 4. The zero-order valence-electron chi connectivity index (χ0n) is 10.9. The fraction of sp³-hybridized carbons (Fsp3) is 0.0667. The number of halogens is 1. The zero-order chi connectivity index (χ0) is 14.8. The number of anilines is 1. The average molecular weight is 347 g/mol. The topological polar surface area (TPSA) is 62.6 Å². The van der Waals surface area contributed by atoms with E-state index in [2.05, 4.69) is 21.2 Å². The molecule has 2 heterocycles. The Labute approximate surface area is 129 Å². The third-order valence-corrected chi connectivity index (χ3v) is 3.56. The molecule has 0 saturated carbocycles. The lowest BCUT2D eigenvalue weighted by atomic mass is 10.3. The number of imide groups is 1. The van der Waals surface area contributed by atoms with Gasteiger partial charge in [-0.3, -0.25) is 14.5 Å². The van der Waals surface area contributed by atoms with E-state index in [1.54, 1.807) is 12.1 Å². The van der Waals surface area contributed by atoms with Crippen LogP contribution in [0.15, 0.2) is 63.3 Å². The highest BCUT2D eigenvalue weighted by Crippen LogP contribution is 2.20. The van der Waals surface area contributed by atoms with Crippen molar-refractivity contribution < 1.29 is 14.0 Å². The maximum Gasteiger partial charge on any atom is 0.277 e. The van der Waals surface area contributed by atoms with Crippen molar-refractivity contribution in [2.45, 2.75) is 6.54 Å². The molecule has 6 heteroatoms. The number of amides is 2. The number of nitrogens with one attached hydrogen (secondary N) is 1. The second kappa shape index (κ2) is 5.57. The molecule has 5 nitrogen and oxygen atoms in total. The van der Waals surface area contributed by atoms with Crippen LogP contribution in [0.4, 0.5) is 5.69 Å². The van der Waals surface area contributed by atoms with Gasteiger partial charge in [-0.15, -0.1) is 0 Å². The van der Waals surface area contributed by atoms with Gasteiger partial charge < -0.3 is 9.73 Å². The fourth-order valence-corrected chi connectivity index (χ4v) is 2.26. The highest BCUT2D eigenvalue weighted by molar-refractivity contribution is 9.10. The van der Waals surface area contributed by atoms with E-state index in [1.165, 1.54) is 12.3 Å². The van der Waals surface area contributed by atoms with E-state index in [1.807, 2.05) is 24.3 Å². The molecule has 0 aliphatic carbocycles. The van der Waals surface area contributed by atoms with Gasteiger partial charge in [-0.2, -0.15) is 0 Å². The molecule has 0 fully saturated rings. The van der Waals surface area contributed by atoms with Crippen LogP contribution in [0.2, 0.25) is 0 Å². The Bertz CT molecular complexity index is 705. The van der Waals surface area contributed by atoms with E-state index < -0.39 is 0 Å².